The molecule has 100 heavy (non-hydrogen) atoms. The van der Waals surface area contributed by atoms with Crippen LogP contribution in [0, 0.1) is 0 Å². The zero-order valence-electron chi connectivity index (χ0n) is 53.7. The quantitative estimate of drug-likeness (QED) is 0.136. The van der Waals surface area contributed by atoms with E-state index in [2.05, 4.69) is 265 Å². The molecule has 2 N–H and O–H groups in total. The third-order valence-electron chi connectivity index (χ3n) is 21.4. The van der Waals surface area contributed by atoms with Gasteiger partial charge in [0.25, 0.3) is 0 Å². The molecular weight excluding hydrogens is 1320 g/mol. The predicted octanol–water partition coefficient (Wildman–Crippen LogP) is 23.0. The molecule has 0 radical (unpaired) electrons. The lowest BCUT2D eigenvalue weighted by Gasteiger charge is -2.30. The van der Waals surface area contributed by atoms with Crippen LogP contribution < -0.4 is 5.46 Å². The number of hydrogen-bond donors (Lipinski definition) is 2. The molecule has 0 fully saturated rings. The molecule has 0 saturated heterocycles. The first-order chi connectivity index (χ1) is 49.4. The van der Waals surface area contributed by atoms with Crippen molar-refractivity contribution in [3.63, 3.8) is 0 Å². The van der Waals surface area contributed by atoms with Crippen molar-refractivity contribution < 1.29 is 10.0 Å². The van der Waals surface area contributed by atoms with Gasteiger partial charge in [-0.25, -0.2) is 0 Å². The van der Waals surface area contributed by atoms with Crippen molar-refractivity contribution in [1.82, 2.24) is 9.97 Å². The molecule has 0 saturated carbocycles. The van der Waals surface area contributed by atoms with Crippen LogP contribution in [0.4, 0.5) is 0 Å². The minimum Gasteiger partial charge on any atom is -0.423 e. The number of thiophene rings is 2. The van der Waals surface area contributed by atoms with Gasteiger partial charge in [-0.1, -0.05) is 289 Å². The molecule has 4 aliphatic carbocycles. The molecule has 14 aromatic carbocycles. The van der Waals surface area contributed by atoms with Gasteiger partial charge in [-0.15, -0.1) is 22.7 Å². The molecule has 0 bridgehead atoms. The second-order valence-corrected chi connectivity index (χ2v) is 29.3. The summed E-state index contributed by atoms with van der Waals surface area (Å²) in [5.74, 6) is 0. The van der Waals surface area contributed by atoms with Gasteiger partial charge in [-0.05, 0) is 191 Å². The maximum Gasteiger partial charge on any atom is 0.489 e. The van der Waals surface area contributed by atoms with E-state index in [9.17, 15) is 10.0 Å². The molecule has 0 amide bonds. The molecule has 2 atom stereocenters. The lowest BCUT2D eigenvalue weighted by atomic mass is 9.70. The maximum atomic E-state index is 9.94. The van der Waals surface area contributed by atoms with Gasteiger partial charge < -0.3 is 10.0 Å². The molecule has 4 aromatic heterocycles. The summed E-state index contributed by atoms with van der Waals surface area (Å²) in [5.41, 5.74) is 25.2. The van der Waals surface area contributed by atoms with E-state index < -0.39 is 12.5 Å². The second-order valence-electron chi connectivity index (χ2n) is 26.3. The number of benzene rings is 14. The molecule has 8 heteroatoms. The number of nitrogens with zero attached hydrogens (tertiary/aromatic N) is 2. The zero-order chi connectivity index (χ0) is 66.4. The Morgan fingerprint density at radius 2 is 0.640 bits per heavy atom. The van der Waals surface area contributed by atoms with Crippen molar-refractivity contribution in [1.29, 1.82) is 0 Å². The van der Waals surface area contributed by atoms with Crippen LogP contribution >= 0.6 is 38.6 Å². The summed E-state index contributed by atoms with van der Waals surface area (Å²) < 4.78 is 3.79. The number of aromatic nitrogens is 2. The second kappa shape index (κ2) is 22.9. The number of rotatable bonds is 4. The summed E-state index contributed by atoms with van der Waals surface area (Å²) >= 11 is 7.58. The smallest absolute Gasteiger partial charge is 0.423 e. The molecule has 4 nitrogen and oxygen atoms in total. The molecule has 4 aliphatic rings. The van der Waals surface area contributed by atoms with Crippen LogP contribution in [0.1, 0.15) is 44.5 Å². The number of pyridine rings is 2. The van der Waals surface area contributed by atoms with Crippen molar-refractivity contribution in [2.45, 2.75) is 10.8 Å². The maximum absolute atomic E-state index is 9.94. The first kappa shape index (κ1) is 58.9. The number of halogens is 1. The van der Waals surface area contributed by atoms with Gasteiger partial charge in [0.05, 0.1) is 22.2 Å². The molecule has 2 unspecified atom stereocenters. The highest BCUT2D eigenvalue weighted by molar-refractivity contribution is 9.10. The summed E-state index contributed by atoms with van der Waals surface area (Å²) in [4.78, 5) is 12.7. The van der Waals surface area contributed by atoms with Crippen molar-refractivity contribution >= 4 is 114 Å². The van der Waals surface area contributed by atoms with Gasteiger partial charge in [0.2, 0.25) is 0 Å². The Bertz CT molecular complexity index is 6330. The van der Waals surface area contributed by atoms with E-state index in [4.69, 9.17) is 9.97 Å². The minimum atomic E-state index is -1.50. The monoisotopic (exact) mass is 1370 g/mol. The SMILES string of the molecule is Brc1ccc2c(c1)C1(c3ccccc3-c3sc4ccccc4c31)c1cccnc1-2.OB(O)c1c2ccccc2c(-c2ccccc2)c2ccccc12.c1ccc(-c2c3ccccc3c(-c3ccc4c(c3)C3(c5ccccc5-c5sc6ccccc6c53)c3cccnc3-4)c3ccccc23)cc1. The van der Waals surface area contributed by atoms with Crippen LogP contribution in [-0.2, 0) is 10.8 Å². The minimum absolute atomic E-state index is 0.311. The van der Waals surface area contributed by atoms with Crippen molar-refractivity contribution in [2.24, 2.45) is 0 Å². The molecule has 2 spiro atoms. The lowest BCUT2D eigenvalue weighted by Crippen LogP contribution is -2.31. The molecule has 18 aromatic rings. The van der Waals surface area contributed by atoms with Crippen molar-refractivity contribution in [3.8, 4) is 76.8 Å². The third-order valence-corrected chi connectivity index (χ3v) is 24.3. The average molecular weight is 1380 g/mol. The first-order valence-electron chi connectivity index (χ1n) is 33.9. The summed E-state index contributed by atoms with van der Waals surface area (Å²) in [6.45, 7) is 0. The fourth-order valence-electron chi connectivity index (χ4n) is 17.7. The Hall–Kier alpha value is -11.2. The lowest BCUT2D eigenvalue weighted by molar-refractivity contribution is 0.426. The normalized spacial score (nSPS) is 15.2. The number of fused-ring (bicyclic) bond motifs is 28. The van der Waals surface area contributed by atoms with Gasteiger partial charge in [0, 0.05) is 47.1 Å². The van der Waals surface area contributed by atoms with E-state index in [1.807, 2.05) is 102 Å². The molecular formula is C92H56BBrN2O2S2. The van der Waals surface area contributed by atoms with Gasteiger partial charge in [0.1, 0.15) is 0 Å². The average Bonchev–Trinajstić information content (AvgIpc) is 1.50. The van der Waals surface area contributed by atoms with Crippen LogP contribution in [0.25, 0.3) is 140 Å². The largest absolute Gasteiger partial charge is 0.489 e. The van der Waals surface area contributed by atoms with Crippen LogP contribution in [0.2, 0.25) is 0 Å². The Labute approximate surface area is 594 Å². The Balaban J connectivity index is 0.000000110. The first-order valence-corrected chi connectivity index (χ1v) is 36.3. The molecule has 4 heterocycles. The van der Waals surface area contributed by atoms with Gasteiger partial charge >= 0.3 is 7.12 Å². The van der Waals surface area contributed by atoms with E-state index in [1.54, 1.807) is 0 Å². The topological polar surface area (TPSA) is 66.2 Å². The summed E-state index contributed by atoms with van der Waals surface area (Å²) in [6.07, 6.45) is 3.86. The van der Waals surface area contributed by atoms with E-state index in [-0.39, 0.29) is 5.41 Å². The van der Waals surface area contributed by atoms with E-state index in [0.717, 1.165) is 48.5 Å². The fourth-order valence-corrected chi connectivity index (χ4v) is 20.7. The van der Waals surface area contributed by atoms with E-state index in [1.165, 1.54) is 140 Å². The number of hydrogen-bond acceptors (Lipinski definition) is 6. The summed E-state index contributed by atoms with van der Waals surface area (Å²) in [5, 5.41) is 31.5. The van der Waals surface area contributed by atoms with Crippen LogP contribution in [-0.4, -0.2) is 27.1 Å². The Kier molecular flexibility index (Phi) is 13.5. The fraction of sp³-hybridized carbons (Fsp3) is 0.0217. The van der Waals surface area contributed by atoms with Crippen LogP contribution in [0.3, 0.4) is 0 Å². The van der Waals surface area contributed by atoms with Crippen molar-refractivity contribution in [3.05, 3.63) is 377 Å². The highest BCUT2D eigenvalue weighted by atomic mass is 79.9. The van der Waals surface area contributed by atoms with Gasteiger partial charge in [-0.2, -0.15) is 0 Å². The molecule has 0 aliphatic heterocycles. The van der Waals surface area contributed by atoms with Crippen LogP contribution in [0.5, 0.6) is 0 Å². The highest BCUT2D eigenvalue weighted by Crippen LogP contribution is 2.68. The molecule has 468 valence electrons. The predicted molar refractivity (Wildman–Crippen MR) is 422 cm³/mol. The van der Waals surface area contributed by atoms with Gasteiger partial charge in [0.15, 0.2) is 0 Å². The van der Waals surface area contributed by atoms with Crippen LogP contribution in [0.15, 0.2) is 332 Å². The standard InChI is InChI=1S/C46H27NS.C26H14BrNS.C20H15BO2/c1-2-13-28(14-3-1)41-30-15-4-6-17-32(30)42(33-18-7-5-16-31(33)41)29-24-25-34-39(27-29)46(38-22-12-26-47-44(34)38)37-21-10-8-19-35(37)45-43(46)36-20-9-11-23-40(36)48-45;27-15-11-12-16-21(14-15)26(20-9-5-13-28-24(16)20)19-8-3-1-6-17(19)25-23(26)18-7-2-4-10-22(18)29-25;22-21(23)20-17-12-6-4-10-15(17)19(14-8-2-1-3-9-14)16-11-5-7-13-18(16)20/h1-27H;1-14H;1-13,22-23H. The third kappa shape index (κ3) is 8.34. The molecule has 22 rings (SSSR count). The Morgan fingerprint density at radius 1 is 0.290 bits per heavy atom. The summed E-state index contributed by atoms with van der Waals surface area (Å²) in [7, 11) is -1.50. The highest BCUT2D eigenvalue weighted by Gasteiger charge is 2.56. The zero-order valence-corrected chi connectivity index (χ0v) is 57.0. The van der Waals surface area contributed by atoms with E-state index >= 15 is 0 Å². The van der Waals surface area contributed by atoms with Gasteiger partial charge in [-0.3, -0.25) is 9.97 Å². The van der Waals surface area contributed by atoms with E-state index in [0.29, 0.717) is 5.46 Å². The Morgan fingerprint density at radius 3 is 1.09 bits per heavy atom. The summed E-state index contributed by atoms with van der Waals surface area (Å²) in [6, 6.07) is 113. The van der Waals surface area contributed by atoms with Crippen molar-refractivity contribution in [2.75, 3.05) is 0 Å².